The van der Waals surface area contributed by atoms with E-state index < -0.39 is 0 Å². The first-order valence-electron chi connectivity index (χ1n) is 7.32. The lowest BCUT2D eigenvalue weighted by Gasteiger charge is -2.27. The molecule has 0 aromatic heterocycles. The summed E-state index contributed by atoms with van der Waals surface area (Å²) in [5, 5.41) is 0. The summed E-state index contributed by atoms with van der Waals surface area (Å²) in [6.07, 6.45) is 5.59. The van der Waals surface area contributed by atoms with Crippen molar-refractivity contribution < 1.29 is 4.79 Å². The molecule has 3 heteroatoms. The molecule has 2 rings (SSSR count). The lowest BCUT2D eigenvalue weighted by molar-refractivity contribution is 0.0698. The standard InChI is InChI=1S/C16H24N2O/c1-13-5-3-2-4-12-18(13)16(19)15-8-6-14(7-9-15)10-11-17/h6-9,13H,2-5,10-12,17H2,1H3. The smallest absolute Gasteiger partial charge is 0.254 e. The van der Waals surface area contributed by atoms with Crippen LogP contribution in [0.3, 0.4) is 0 Å². The summed E-state index contributed by atoms with van der Waals surface area (Å²) in [5.41, 5.74) is 7.53. The fourth-order valence-electron chi connectivity index (χ4n) is 2.72. The highest BCUT2D eigenvalue weighted by Crippen LogP contribution is 2.19. The van der Waals surface area contributed by atoms with Crippen molar-refractivity contribution in [1.82, 2.24) is 4.90 Å². The van der Waals surface area contributed by atoms with Gasteiger partial charge >= 0.3 is 0 Å². The summed E-state index contributed by atoms with van der Waals surface area (Å²) in [6, 6.07) is 8.26. The van der Waals surface area contributed by atoms with Gasteiger partial charge in [-0.1, -0.05) is 25.0 Å². The van der Waals surface area contributed by atoms with Crippen molar-refractivity contribution in [1.29, 1.82) is 0 Å². The molecule has 0 radical (unpaired) electrons. The number of amides is 1. The second-order valence-corrected chi connectivity index (χ2v) is 5.43. The third-order valence-electron chi connectivity index (χ3n) is 3.95. The molecule has 1 aliphatic rings. The van der Waals surface area contributed by atoms with Gasteiger partial charge in [-0.25, -0.2) is 0 Å². The minimum absolute atomic E-state index is 0.175. The largest absolute Gasteiger partial charge is 0.336 e. The molecule has 104 valence electrons. The predicted octanol–water partition coefficient (Wildman–Crippen LogP) is 2.59. The van der Waals surface area contributed by atoms with Gasteiger partial charge in [0, 0.05) is 18.2 Å². The van der Waals surface area contributed by atoms with Crippen molar-refractivity contribution in [2.24, 2.45) is 5.73 Å². The first-order valence-corrected chi connectivity index (χ1v) is 7.32. The predicted molar refractivity (Wildman–Crippen MR) is 78.2 cm³/mol. The molecule has 0 spiro atoms. The average molecular weight is 260 g/mol. The lowest BCUT2D eigenvalue weighted by Crippen LogP contribution is -2.38. The summed E-state index contributed by atoms with van der Waals surface area (Å²) in [4.78, 5) is 14.6. The fourth-order valence-corrected chi connectivity index (χ4v) is 2.72. The molecule has 0 aliphatic carbocycles. The van der Waals surface area contributed by atoms with Gasteiger partial charge in [-0.3, -0.25) is 4.79 Å². The number of benzene rings is 1. The Morgan fingerprint density at radius 1 is 1.26 bits per heavy atom. The number of hydrogen-bond acceptors (Lipinski definition) is 2. The third-order valence-corrected chi connectivity index (χ3v) is 3.95. The summed E-state index contributed by atoms with van der Waals surface area (Å²) < 4.78 is 0. The zero-order chi connectivity index (χ0) is 13.7. The molecule has 1 aromatic rings. The van der Waals surface area contributed by atoms with E-state index in [0.717, 1.165) is 31.4 Å². The van der Waals surface area contributed by atoms with Crippen LogP contribution in [0.2, 0.25) is 0 Å². The Hall–Kier alpha value is -1.35. The first kappa shape index (κ1) is 14.1. The van der Waals surface area contributed by atoms with Gasteiger partial charge in [0.1, 0.15) is 0 Å². The minimum Gasteiger partial charge on any atom is -0.336 e. The van der Waals surface area contributed by atoms with Gasteiger partial charge in [0.15, 0.2) is 0 Å². The molecule has 1 unspecified atom stereocenters. The van der Waals surface area contributed by atoms with Crippen molar-refractivity contribution in [2.45, 2.75) is 45.1 Å². The Labute approximate surface area is 115 Å². The summed E-state index contributed by atoms with van der Waals surface area (Å²) in [5.74, 6) is 0.175. The molecular weight excluding hydrogens is 236 g/mol. The van der Waals surface area contributed by atoms with Crippen LogP contribution in [0.5, 0.6) is 0 Å². The highest BCUT2D eigenvalue weighted by Gasteiger charge is 2.22. The van der Waals surface area contributed by atoms with Crippen molar-refractivity contribution in [3.05, 3.63) is 35.4 Å². The number of nitrogens with zero attached hydrogens (tertiary/aromatic N) is 1. The summed E-state index contributed by atoms with van der Waals surface area (Å²) >= 11 is 0. The molecule has 0 bridgehead atoms. The van der Waals surface area contributed by atoms with Crippen molar-refractivity contribution >= 4 is 5.91 Å². The highest BCUT2D eigenvalue weighted by molar-refractivity contribution is 5.94. The van der Waals surface area contributed by atoms with Gasteiger partial charge < -0.3 is 10.6 Å². The van der Waals surface area contributed by atoms with E-state index in [0.29, 0.717) is 12.6 Å². The van der Waals surface area contributed by atoms with Crippen LogP contribution in [0.1, 0.15) is 48.5 Å². The van der Waals surface area contributed by atoms with Crippen LogP contribution < -0.4 is 5.73 Å². The molecule has 1 saturated heterocycles. The molecule has 1 atom stereocenters. The maximum Gasteiger partial charge on any atom is 0.254 e. The lowest BCUT2D eigenvalue weighted by atomic mass is 10.1. The van der Waals surface area contributed by atoms with Gasteiger partial charge in [-0.05, 0) is 50.4 Å². The molecule has 1 heterocycles. The van der Waals surface area contributed by atoms with E-state index in [1.165, 1.54) is 18.4 Å². The molecule has 1 fully saturated rings. The van der Waals surface area contributed by atoms with Gasteiger partial charge in [0.2, 0.25) is 0 Å². The van der Waals surface area contributed by atoms with Crippen LogP contribution in [0.25, 0.3) is 0 Å². The maximum atomic E-state index is 12.5. The third kappa shape index (κ3) is 3.57. The number of carbonyl (C=O) groups is 1. The average Bonchev–Trinajstić information content (AvgIpc) is 2.64. The fraction of sp³-hybridized carbons (Fsp3) is 0.562. The number of rotatable bonds is 3. The SMILES string of the molecule is CC1CCCCCN1C(=O)c1ccc(CCN)cc1. The zero-order valence-electron chi connectivity index (χ0n) is 11.8. The number of nitrogens with two attached hydrogens (primary N) is 1. The van der Waals surface area contributed by atoms with E-state index >= 15 is 0 Å². The van der Waals surface area contributed by atoms with E-state index in [2.05, 4.69) is 6.92 Å². The van der Waals surface area contributed by atoms with Gasteiger partial charge in [0.25, 0.3) is 5.91 Å². The van der Waals surface area contributed by atoms with Crippen molar-refractivity contribution in [3.63, 3.8) is 0 Å². The second kappa shape index (κ2) is 6.71. The molecule has 1 amide bonds. The molecule has 3 nitrogen and oxygen atoms in total. The second-order valence-electron chi connectivity index (χ2n) is 5.43. The Morgan fingerprint density at radius 2 is 2.00 bits per heavy atom. The molecule has 1 aromatic carbocycles. The number of carbonyl (C=O) groups excluding carboxylic acids is 1. The van der Waals surface area contributed by atoms with Crippen LogP contribution in [0.4, 0.5) is 0 Å². The molecular formula is C16H24N2O. The van der Waals surface area contributed by atoms with E-state index in [-0.39, 0.29) is 5.91 Å². The molecule has 0 saturated carbocycles. The normalized spacial score (nSPS) is 20.1. The van der Waals surface area contributed by atoms with E-state index in [1.807, 2.05) is 29.2 Å². The van der Waals surface area contributed by atoms with Crippen LogP contribution in [-0.2, 0) is 6.42 Å². The highest BCUT2D eigenvalue weighted by atomic mass is 16.2. The zero-order valence-corrected chi connectivity index (χ0v) is 11.8. The number of hydrogen-bond donors (Lipinski definition) is 1. The van der Waals surface area contributed by atoms with Crippen molar-refractivity contribution in [3.8, 4) is 0 Å². The molecule has 2 N–H and O–H groups in total. The van der Waals surface area contributed by atoms with Gasteiger partial charge in [-0.15, -0.1) is 0 Å². The minimum atomic E-state index is 0.175. The van der Waals surface area contributed by atoms with E-state index in [9.17, 15) is 4.79 Å². The Morgan fingerprint density at radius 3 is 2.68 bits per heavy atom. The van der Waals surface area contributed by atoms with Gasteiger partial charge in [0.05, 0.1) is 0 Å². The first-order chi connectivity index (χ1) is 9.22. The molecule has 19 heavy (non-hydrogen) atoms. The van der Waals surface area contributed by atoms with Crippen molar-refractivity contribution in [2.75, 3.05) is 13.1 Å². The monoisotopic (exact) mass is 260 g/mol. The molecule has 1 aliphatic heterocycles. The topological polar surface area (TPSA) is 46.3 Å². The van der Waals surface area contributed by atoms with Crippen LogP contribution in [-0.4, -0.2) is 29.9 Å². The van der Waals surface area contributed by atoms with Crippen LogP contribution >= 0.6 is 0 Å². The summed E-state index contributed by atoms with van der Waals surface area (Å²) in [7, 11) is 0. The maximum absolute atomic E-state index is 12.5. The van der Waals surface area contributed by atoms with Gasteiger partial charge in [-0.2, -0.15) is 0 Å². The Balaban J connectivity index is 2.09. The Bertz CT molecular complexity index is 413. The summed E-state index contributed by atoms with van der Waals surface area (Å²) in [6.45, 7) is 3.70. The van der Waals surface area contributed by atoms with Crippen LogP contribution in [0.15, 0.2) is 24.3 Å². The van der Waals surface area contributed by atoms with Crippen LogP contribution in [0, 0.1) is 0 Å². The number of likely N-dealkylation sites (tertiary alicyclic amines) is 1. The Kier molecular flexibility index (Phi) is 4.97. The quantitative estimate of drug-likeness (QED) is 0.908. The van der Waals surface area contributed by atoms with E-state index in [4.69, 9.17) is 5.73 Å². The van der Waals surface area contributed by atoms with E-state index in [1.54, 1.807) is 0 Å².